The molecule has 6 heteroatoms. The van der Waals surface area contributed by atoms with Gasteiger partial charge in [0.25, 0.3) is 0 Å². The van der Waals surface area contributed by atoms with Gasteiger partial charge in [0, 0.05) is 20.8 Å². The minimum absolute atomic E-state index is 0.0332. The lowest BCUT2D eigenvalue weighted by molar-refractivity contribution is -0.122. The van der Waals surface area contributed by atoms with E-state index in [1.54, 1.807) is 30.3 Å². The van der Waals surface area contributed by atoms with Crippen molar-refractivity contribution in [2.45, 2.75) is 19.5 Å². The molecule has 0 spiro atoms. The standard InChI is InChI=1S/C23H18Cl2N2O2/c1-14(16-11-10-15(24)12-19(16)25)26-22(28)13-27-20-8-4-2-6-17(20)23(29)18-7-3-5-9-21(18)27/h2-12,14H,13H2,1H3,(H,26,28)/t14-/m1/s1. The number of fused-ring (bicyclic) bond motifs is 2. The zero-order valence-corrected chi connectivity index (χ0v) is 17.2. The maximum absolute atomic E-state index is 12.9. The zero-order valence-electron chi connectivity index (χ0n) is 15.7. The van der Waals surface area contributed by atoms with Crippen molar-refractivity contribution >= 4 is 50.9 Å². The summed E-state index contributed by atoms with van der Waals surface area (Å²) in [6.45, 7) is 1.95. The molecule has 4 rings (SSSR count). The number of carbonyl (C=O) groups excluding carboxylic acids is 1. The Kier molecular flexibility index (Phi) is 5.31. The number of rotatable bonds is 4. The summed E-state index contributed by atoms with van der Waals surface area (Å²) in [5, 5.41) is 5.21. The Morgan fingerprint density at radius 1 is 0.966 bits per heavy atom. The molecule has 1 N–H and O–H groups in total. The second-order valence-electron chi connectivity index (χ2n) is 6.90. The average molecular weight is 425 g/mol. The molecule has 0 radical (unpaired) electrons. The molecule has 1 amide bonds. The number of hydrogen-bond acceptors (Lipinski definition) is 2. The van der Waals surface area contributed by atoms with Crippen LogP contribution in [0.4, 0.5) is 0 Å². The lowest BCUT2D eigenvalue weighted by Crippen LogP contribution is -2.31. The lowest BCUT2D eigenvalue weighted by atomic mass is 10.1. The van der Waals surface area contributed by atoms with Gasteiger partial charge < -0.3 is 9.88 Å². The highest BCUT2D eigenvalue weighted by atomic mass is 35.5. The van der Waals surface area contributed by atoms with Gasteiger partial charge in [0.15, 0.2) is 5.43 Å². The van der Waals surface area contributed by atoms with Crippen LogP contribution in [-0.4, -0.2) is 10.5 Å². The van der Waals surface area contributed by atoms with Crippen molar-refractivity contribution in [3.8, 4) is 0 Å². The van der Waals surface area contributed by atoms with E-state index >= 15 is 0 Å². The fourth-order valence-electron chi connectivity index (χ4n) is 3.61. The molecule has 0 aliphatic carbocycles. The molecule has 0 aliphatic rings. The van der Waals surface area contributed by atoms with E-state index in [9.17, 15) is 9.59 Å². The second-order valence-corrected chi connectivity index (χ2v) is 7.75. The van der Waals surface area contributed by atoms with Crippen LogP contribution in [0.2, 0.25) is 10.0 Å². The number of nitrogens with zero attached hydrogens (tertiary/aromatic N) is 1. The van der Waals surface area contributed by atoms with E-state index < -0.39 is 0 Å². The molecular formula is C23H18Cl2N2O2. The normalized spacial score (nSPS) is 12.2. The number of amides is 1. The smallest absolute Gasteiger partial charge is 0.240 e. The van der Waals surface area contributed by atoms with Crippen molar-refractivity contribution in [3.05, 3.63) is 92.6 Å². The van der Waals surface area contributed by atoms with Crippen LogP contribution in [0.5, 0.6) is 0 Å². The summed E-state index contributed by atoms with van der Waals surface area (Å²) in [5.41, 5.74) is 2.21. The minimum Gasteiger partial charge on any atom is -0.348 e. The molecular weight excluding hydrogens is 407 g/mol. The van der Waals surface area contributed by atoms with E-state index in [4.69, 9.17) is 23.2 Å². The van der Waals surface area contributed by atoms with Gasteiger partial charge in [-0.15, -0.1) is 0 Å². The lowest BCUT2D eigenvalue weighted by Gasteiger charge is -2.19. The molecule has 0 saturated heterocycles. The van der Waals surface area contributed by atoms with Crippen LogP contribution in [0.3, 0.4) is 0 Å². The first-order valence-electron chi connectivity index (χ1n) is 9.20. The Hall–Kier alpha value is -2.82. The van der Waals surface area contributed by atoms with Gasteiger partial charge >= 0.3 is 0 Å². The fourth-order valence-corrected chi connectivity index (χ4v) is 4.18. The average Bonchev–Trinajstić information content (AvgIpc) is 2.71. The molecule has 1 aromatic heterocycles. The molecule has 29 heavy (non-hydrogen) atoms. The summed E-state index contributed by atoms with van der Waals surface area (Å²) >= 11 is 12.2. The zero-order chi connectivity index (χ0) is 20.5. The first-order valence-corrected chi connectivity index (χ1v) is 9.96. The summed E-state index contributed by atoms with van der Waals surface area (Å²) in [6.07, 6.45) is 0. The van der Waals surface area contributed by atoms with Crippen molar-refractivity contribution < 1.29 is 4.79 Å². The van der Waals surface area contributed by atoms with Crippen LogP contribution in [0, 0.1) is 0 Å². The van der Waals surface area contributed by atoms with Crippen LogP contribution in [0.25, 0.3) is 21.8 Å². The Morgan fingerprint density at radius 2 is 1.55 bits per heavy atom. The van der Waals surface area contributed by atoms with E-state index in [1.165, 1.54) is 0 Å². The predicted molar refractivity (Wildman–Crippen MR) is 119 cm³/mol. The third-order valence-electron chi connectivity index (χ3n) is 4.99. The third kappa shape index (κ3) is 3.74. The molecule has 4 nitrogen and oxygen atoms in total. The Morgan fingerprint density at radius 3 is 2.14 bits per heavy atom. The number of para-hydroxylation sites is 2. The summed E-state index contributed by atoms with van der Waals surface area (Å²) < 4.78 is 1.87. The molecule has 4 aromatic rings. The number of halogens is 2. The van der Waals surface area contributed by atoms with Crippen molar-refractivity contribution in [3.63, 3.8) is 0 Å². The highest BCUT2D eigenvalue weighted by Crippen LogP contribution is 2.26. The number of pyridine rings is 1. The summed E-state index contributed by atoms with van der Waals surface area (Å²) in [5.74, 6) is -0.178. The topological polar surface area (TPSA) is 51.1 Å². The fraction of sp³-hybridized carbons (Fsp3) is 0.130. The van der Waals surface area contributed by atoms with Crippen molar-refractivity contribution in [1.82, 2.24) is 9.88 Å². The predicted octanol–water partition coefficient (Wildman–Crippen LogP) is 5.34. The van der Waals surface area contributed by atoms with Crippen molar-refractivity contribution in [2.24, 2.45) is 0 Å². The number of benzene rings is 3. The molecule has 1 heterocycles. The van der Waals surface area contributed by atoms with Crippen LogP contribution >= 0.6 is 23.2 Å². The summed E-state index contributed by atoms with van der Waals surface area (Å²) in [6, 6.07) is 19.6. The monoisotopic (exact) mass is 424 g/mol. The molecule has 1 atom stereocenters. The van der Waals surface area contributed by atoms with Gasteiger partial charge in [0.05, 0.1) is 17.1 Å². The van der Waals surface area contributed by atoms with E-state index in [-0.39, 0.29) is 23.9 Å². The molecule has 0 unspecified atom stereocenters. The molecule has 3 aromatic carbocycles. The number of hydrogen-bond donors (Lipinski definition) is 1. The van der Waals surface area contributed by atoms with Gasteiger partial charge in [-0.05, 0) is 48.9 Å². The summed E-state index contributed by atoms with van der Waals surface area (Å²) in [4.78, 5) is 25.7. The quantitative estimate of drug-likeness (QED) is 0.449. The molecule has 0 aliphatic heterocycles. The van der Waals surface area contributed by atoms with E-state index in [1.807, 2.05) is 47.9 Å². The SMILES string of the molecule is C[C@@H](NC(=O)Cn1c2ccccc2c(=O)c2ccccc21)c1ccc(Cl)cc1Cl. The van der Waals surface area contributed by atoms with E-state index in [0.717, 1.165) is 16.6 Å². The second kappa shape index (κ2) is 7.90. The van der Waals surface area contributed by atoms with Crippen LogP contribution in [-0.2, 0) is 11.3 Å². The minimum atomic E-state index is -0.288. The van der Waals surface area contributed by atoms with Crippen LogP contribution in [0.1, 0.15) is 18.5 Å². The maximum atomic E-state index is 12.9. The van der Waals surface area contributed by atoms with Crippen LogP contribution < -0.4 is 10.7 Å². The van der Waals surface area contributed by atoms with Crippen molar-refractivity contribution in [2.75, 3.05) is 0 Å². The third-order valence-corrected chi connectivity index (χ3v) is 5.55. The van der Waals surface area contributed by atoms with E-state index in [2.05, 4.69) is 5.32 Å². The molecule has 0 bridgehead atoms. The van der Waals surface area contributed by atoms with Gasteiger partial charge in [-0.3, -0.25) is 9.59 Å². The molecule has 0 fully saturated rings. The highest BCUT2D eigenvalue weighted by Gasteiger charge is 2.16. The first kappa shape index (κ1) is 19.5. The first-order chi connectivity index (χ1) is 14.0. The summed E-state index contributed by atoms with van der Waals surface area (Å²) in [7, 11) is 0. The van der Waals surface area contributed by atoms with Crippen molar-refractivity contribution in [1.29, 1.82) is 0 Å². The largest absolute Gasteiger partial charge is 0.348 e. The molecule has 146 valence electrons. The van der Waals surface area contributed by atoms with Crippen LogP contribution in [0.15, 0.2) is 71.5 Å². The van der Waals surface area contributed by atoms with Gasteiger partial charge in [0.1, 0.15) is 6.54 Å². The van der Waals surface area contributed by atoms with Gasteiger partial charge in [0.2, 0.25) is 5.91 Å². The van der Waals surface area contributed by atoms with Gasteiger partial charge in [-0.1, -0.05) is 53.5 Å². The number of carbonyl (C=O) groups is 1. The Balaban J connectivity index is 1.71. The Bertz CT molecular complexity index is 1240. The number of nitrogens with one attached hydrogen (secondary N) is 1. The molecule has 0 saturated carbocycles. The van der Waals surface area contributed by atoms with Gasteiger partial charge in [-0.25, -0.2) is 0 Å². The Labute approximate surface area is 177 Å². The number of aromatic nitrogens is 1. The highest BCUT2D eigenvalue weighted by molar-refractivity contribution is 6.35. The maximum Gasteiger partial charge on any atom is 0.240 e. The van der Waals surface area contributed by atoms with E-state index in [0.29, 0.717) is 20.8 Å². The van der Waals surface area contributed by atoms with Gasteiger partial charge in [-0.2, -0.15) is 0 Å².